The molecule has 5 aromatic rings. The quantitative estimate of drug-likeness (QED) is 0.239. The number of aromatic nitrogens is 3. The number of phenolic OH excluding ortho intramolecular Hbond substituents is 1. The van der Waals surface area contributed by atoms with Gasteiger partial charge in [-0.1, -0.05) is 18.2 Å². The topological polar surface area (TPSA) is 125 Å². The van der Waals surface area contributed by atoms with Gasteiger partial charge in [-0.25, -0.2) is 0 Å². The van der Waals surface area contributed by atoms with Crippen molar-refractivity contribution in [2.75, 3.05) is 12.4 Å². The molecule has 0 atom stereocenters. The second-order valence-corrected chi connectivity index (χ2v) is 8.61. The van der Waals surface area contributed by atoms with Crippen LogP contribution in [0.2, 0.25) is 0 Å². The van der Waals surface area contributed by atoms with Gasteiger partial charge in [-0.2, -0.15) is 5.10 Å². The number of amides is 1. The third-order valence-electron chi connectivity index (χ3n) is 5.97. The summed E-state index contributed by atoms with van der Waals surface area (Å²) >= 11 is 0. The van der Waals surface area contributed by atoms with Crippen LogP contribution < -0.4 is 10.1 Å². The first kappa shape index (κ1) is 23.7. The van der Waals surface area contributed by atoms with Crippen LogP contribution in [0.4, 0.5) is 11.4 Å². The number of rotatable bonds is 7. The lowest BCUT2D eigenvalue weighted by atomic mass is 10.0. The summed E-state index contributed by atoms with van der Waals surface area (Å²) in [5.41, 5.74) is 5.19. The molecule has 37 heavy (non-hydrogen) atoms. The van der Waals surface area contributed by atoms with Gasteiger partial charge in [0.1, 0.15) is 0 Å². The first-order valence-corrected chi connectivity index (χ1v) is 11.5. The van der Waals surface area contributed by atoms with E-state index < -0.39 is 0 Å². The standard InChI is InChI=1S/C28H25N5O4/c1-33-16-19(14-30-33)27(35)31-20-6-3-17(4-7-20)11-18-5-9-24-22(12-18)23(28(36)32-24)15-29-21-8-10-26(37-2)25(34)13-21/h3-10,12-16,32,34,36H,11H2,1-2H3,(H,31,35). The number of carbonyl (C=O) groups is 1. The summed E-state index contributed by atoms with van der Waals surface area (Å²) < 4.78 is 6.65. The molecule has 0 unspecified atom stereocenters. The Morgan fingerprint density at radius 2 is 1.89 bits per heavy atom. The van der Waals surface area contributed by atoms with Crippen molar-refractivity contribution in [3.05, 3.63) is 95.3 Å². The second-order valence-electron chi connectivity index (χ2n) is 8.61. The summed E-state index contributed by atoms with van der Waals surface area (Å²) in [6, 6.07) is 18.4. The molecule has 9 nitrogen and oxygen atoms in total. The minimum Gasteiger partial charge on any atom is -0.504 e. The van der Waals surface area contributed by atoms with Crippen molar-refractivity contribution in [1.29, 1.82) is 0 Å². The third kappa shape index (κ3) is 5.15. The van der Waals surface area contributed by atoms with E-state index in [4.69, 9.17) is 4.74 Å². The van der Waals surface area contributed by atoms with Gasteiger partial charge in [0.2, 0.25) is 0 Å². The minimum atomic E-state index is -0.211. The van der Waals surface area contributed by atoms with E-state index in [2.05, 4.69) is 20.4 Å². The van der Waals surface area contributed by atoms with E-state index in [-0.39, 0.29) is 17.5 Å². The van der Waals surface area contributed by atoms with Crippen LogP contribution in [0.25, 0.3) is 10.9 Å². The van der Waals surface area contributed by atoms with Crippen molar-refractivity contribution >= 4 is 34.4 Å². The largest absolute Gasteiger partial charge is 0.504 e. The average molecular weight is 496 g/mol. The van der Waals surface area contributed by atoms with E-state index in [0.29, 0.717) is 34.7 Å². The van der Waals surface area contributed by atoms with E-state index in [1.54, 1.807) is 36.3 Å². The number of carbonyl (C=O) groups excluding carboxylic acids is 1. The Hall–Kier alpha value is -5.05. The van der Waals surface area contributed by atoms with Crippen LogP contribution in [-0.2, 0) is 13.5 Å². The van der Waals surface area contributed by atoms with Crippen molar-refractivity contribution in [2.45, 2.75) is 6.42 Å². The van der Waals surface area contributed by atoms with Crippen LogP contribution in [0, 0.1) is 0 Å². The van der Waals surface area contributed by atoms with E-state index in [1.165, 1.54) is 19.4 Å². The van der Waals surface area contributed by atoms with E-state index >= 15 is 0 Å². The van der Waals surface area contributed by atoms with Crippen molar-refractivity contribution in [3.63, 3.8) is 0 Å². The Morgan fingerprint density at radius 3 is 2.59 bits per heavy atom. The number of fused-ring (bicyclic) bond motifs is 1. The number of anilines is 1. The molecule has 2 aromatic heterocycles. The van der Waals surface area contributed by atoms with Gasteiger partial charge in [0, 0.05) is 42.1 Å². The van der Waals surface area contributed by atoms with E-state index in [1.807, 2.05) is 42.5 Å². The number of aromatic amines is 1. The number of aromatic hydroxyl groups is 2. The number of phenols is 1. The number of H-pyrrole nitrogens is 1. The van der Waals surface area contributed by atoms with E-state index in [0.717, 1.165) is 22.0 Å². The SMILES string of the molecule is COc1ccc(N=Cc2c(O)[nH]c3ccc(Cc4ccc(NC(=O)c5cnn(C)c5)cc4)cc23)cc1O. The van der Waals surface area contributed by atoms with Gasteiger partial charge in [0.05, 0.1) is 30.1 Å². The van der Waals surface area contributed by atoms with Gasteiger partial charge in [-0.3, -0.25) is 14.5 Å². The highest BCUT2D eigenvalue weighted by molar-refractivity contribution is 6.04. The first-order chi connectivity index (χ1) is 17.9. The lowest BCUT2D eigenvalue weighted by molar-refractivity contribution is 0.102. The molecule has 0 aliphatic carbocycles. The molecule has 0 aliphatic rings. The number of aryl methyl sites for hydroxylation is 1. The van der Waals surface area contributed by atoms with Gasteiger partial charge in [0.15, 0.2) is 17.4 Å². The molecule has 0 saturated heterocycles. The molecule has 0 radical (unpaired) electrons. The molecule has 186 valence electrons. The molecule has 0 bridgehead atoms. The summed E-state index contributed by atoms with van der Waals surface area (Å²) in [5, 5.41) is 28.2. The lowest BCUT2D eigenvalue weighted by Crippen LogP contribution is -2.11. The predicted octanol–water partition coefficient (Wildman–Crippen LogP) is 4.91. The van der Waals surface area contributed by atoms with Gasteiger partial charge < -0.3 is 25.3 Å². The maximum atomic E-state index is 12.3. The summed E-state index contributed by atoms with van der Waals surface area (Å²) in [7, 11) is 3.25. The number of ether oxygens (including phenoxy) is 1. The fraction of sp³-hybridized carbons (Fsp3) is 0.107. The summed E-state index contributed by atoms with van der Waals surface area (Å²) in [5.74, 6) is 0.160. The summed E-state index contributed by atoms with van der Waals surface area (Å²) in [6.45, 7) is 0. The molecular weight excluding hydrogens is 470 g/mol. The molecule has 1 amide bonds. The average Bonchev–Trinajstić information content (AvgIpc) is 3.46. The van der Waals surface area contributed by atoms with Crippen molar-refractivity contribution < 1.29 is 19.7 Å². The third-order valence-corrected chi connectivity index (χ3v) is 5.97. The predicted molar refractivity (Wildman–Crippen MR) is 142 cm³/mol. The second kappa shape index (κ2) is 9.90. The number of hydrogen-bond donors (Lipinski definition) is 4. The Kier molecular flexibility index (Phi) is 6.34. The highest BCUT2D eigenvalue weighted by atomic mass is 16.5. The lowest BCUT2D eigenvalue weighted by Gasteiger charge is -2.06. The van der Waals surface area contributed by atoms with Gasteiger partial charge in [-0.15, -0.1) is 0 Å². The van der Waals surface area contributed by atoms with Crippen LogP contribution in [0.5, 0.6) is 17.4 Å². The van der Waals surface area contributed by atoms with Crippen LogP contribution in [-0.4, -0.2) is 44.2 Å². The maximum absolute atomic E-state index is 12.3. The highest BCUT2D eigenvalue weighted by Gasteiger charge is 2.11. The van der Waals surface area contributed by atoms with Crippen LogP contribution in [0.15, 0.2) is 78.0 Å². The maximum Gasteiger partial charge on any atom is 0.258 e. The monoisotopic (exact) mass is 495 g/mol. The molecule has 4 N–H and O–H groups in total. The molecule has 3 aromatic carbocycles. The fourth-order valence-corrected chi connectivity index (χ4v) is 4.07. The first-order valence-electron chi connectivity index (χ1n) is 11.5. The Morgan fingerprint density at radius 1 is 1.11 bits per heavy atom. The molecule has 2 heterocycles. The zero-order chi connectivity index (χ0) is 25.9. The van der Waals surface area contributed by atoms with Crippen molar-refractivity contribution in [2.24, 2.45) is 12.0 Å². The Labute approximate surface area is 212 Å². The summed E-state index contributed by atoms with van der Waals surface area (Å²) in [4.78, 5) is 19.7. The number of aliphatic imine (C=N–C) groups is 1. The van der Waals surface area contributed by atoms with Gasteiger partial charge in [-0.05, 0) is 53.9 Å². The molecule has 9 heteroatoms. The molecule has 0 spiro atoms. The van der Waals surface area contributed by atoms with E-state index in [9.17, 15) is 15.0 Å². The number of nitrogens with one attached hydrogen (secondary N) is 2. The zero-order valence-corrected chi connectivity index (χ0v) is 20.3. The number of nitrogens with zero attached hydrogens (tertiary/aromatic N) is 3. The van der Waals surface area contributed by atoms with Crippen LogP contribution in [0.1, 0.15) is 27.0 Å². The van der Waals surface area contributed by atoms with Crippen molar-refractivity contribution in [3.8, 4) is 17.4 Å². The molecule has 5 rings (SSSR count). The number of benzene rings is 3. The van der Waals surface area contributed by atoms with Crippen molar-refractivity contribution in [1.82, 2.24) is 14.8 Å². The number of methoxy groups -OCH3 is 1. The molecule has 0 fully saturated rings. The number of hydrogen-bond acceptors (Lipinski definition) is 6. The Bertz CT molecular complexity index is 1620. The minimum absolute atomic E-state index is 0.00903. The molecule has 0 aliphatic heterocycles. The van der Waals surface area contributed by atoms with Crippen LogP contribution in [0.3, 0.4) is 0 Å². The zero-order valence-electron chi connectivity index (χ0n) is 20.3. The normalized spacial score (nSPS) is 11.3. The van der Waals surface area contributed by atoms with Gasteiger partial charge >= 0.3 is 0 Å². The Balaban J connectivity index is 1.32. The molecule has 0 saturated carbocycles. The molecular formula is C28H25N5O4. The smallest absolute Gasteiger partial charge is 0.258 e. The van der Waals surface area contributed by atoms with Crippen LogP contribution >= 0.6 is 0 Å². The highest BCUT2D eigenvalue weighted by Crippen LogP contribution is 2.31. The fourth-order valence-electron chi connectivity index (χ4n) is 4.07. The summed E-state index contributed by atoms with van der Waals surface area (Å²) in [6.07, 6.45) is 5.43. The van der Waals surface area contributed by atoms with Gasteiger partial charge in [0.25, 0.3) is 5.91 Å².